The van der Waals surface area contributed by atoms with Crippen molar-refractivity contribution >= 4 is 34.2 Å². The molecule has 0 bridgehead atoms. The summed E-state index contributed by atoms with van der Waals surface area (Å²) in [6.45, 7) is 6.14. The van der Waals surface area contributed by atoms with Gasteiger partial charge in [0.2, 0.25) is 0 Å². The summed E-state index contributed by atoms with van der Waals surface area (Å²) in [7, 11) is 0. The number of para-hydroxylation sites is 1. The van der Waals surface area contributed by atoms with E-state index in [0.29, 0.717) is 5.92 Å². The normalized spacial score (nSPS) is 10.9. The van der Waals surface area contributed by atoms with Gasteiger partial charge in [0.1, 0.15) is 11.5 Å². The lowest BCUT2D eigenvalue weighted by molar-refractivity contribution is 0.479. The van der Waals surface area contributed by atoms with E-state index in [-0.39, 0.29) is 0 Å². The molecule has 0 saturated heterocycles. The van der Waals surface area contributed by atoms with Crippen LogP contribution in [0.25, 0.3) is 0 Å². The molecule has 0 saturated carbocycles. The number of hydrogen-bond donors (Lipinski definition) is 1. The second kappa shape index (κ2) is 8.01. The molecule has 2 aromatic rings. The van der Waals surface area contributed by atoms with Crippen LogP contribution in [0.5, 0.6) is 11.5 Å². The third kappa shape index (κ3) is 5.16. The quantitative estimate of drug-likeness (QED) is 0.631. The van der Waals surface area contributed by atoms with Crippen LogP contribution in [0.4, 0.5) is 0 Å². The standard InChI is InChI=1S/C17H19ClINO/c1-12(2)10-20-11-13-7-8-14(9-15(13)18)21-17-6-4-3-5-16(17)19/h3-9,12,20H,10-11H2,1-2H3. The molecule has 0 amide bonds. The summed E-state index contributed by atoms with van der Waals surface area (Å²) in [6, 6.07) is 13.8. The predicted octanol–water partition coefficient (Wildman–Crippen LogP) is 5.48. The molecular formula is C17H19ClINO. The van der Waals surface area contributed by atoms with Crippen LogP contribution in [-0.2, 0) is 6.54 Å². The minimum absolute atomic E-state index is 0.631. The molecule has 1 N–H and O–H groups in total. The average Bonchev–Trinajstić information content (AvgIpc) is 2.43. The molecule has 0 aliphatic carbocycles. The van der Waals surface area contributed by atoms with E-state index in [9.17, 15) is 0 Å². The zero-order valence-electron chi connectivity index (χ0n) is 12.2. The van der Waals surface area contributed by atoms with Crippen molar-refractivity contribution in [3.8, 4) is 11.5 Å². The first-order chi connectivity index (χ1) is 10.1. The Morgan fingerprint density at radius 1 is 1.19 bits per heavy atom. The molecule has 0 radical (unpaired) electrons. The highest BCUT2D eigenvalue weighted by Crippen LogP contribution is 2.29. The van der Waals surface area contributed by atoms with Crippen LogP contribution in [0.2, 0.25) is 5.02 Å². The van der Waals surface area contributed by atoms with Crippen molar-refractivity contribution in [2.45, 2.75) is 20.4 Å². The smallest absolute Gasteiger partial charge is 0.140 e. The van der Waals surface area contributed by atoms with Gasteiger partial charge in [-0.3, -0.25) is 0 Å². The molecule has 0 unspecified atom stereocenters. The Kier molecular flexibility index (Phi) is 6.33. The van der Waals surface area contributed by atoms with E-state index in [0.717, 1.165) is 38.7 Å². The number of nitrogens with one attached hydrogen (secondary N) is 1. The SMILES string of the molecule is CC(C)CNCc1ccc(Oc2ccccc2I)cc1Cl. The van der Waals surface area contributed by atoms with Crippen LogP contribution >= 0.6 is 34.2 Å². The molecule has 112 valence electrons. The zero-order valence-corrected chi connectivity index (χ0v) is 15.1. The van der Waals surface area contributed by atoms with Crippen LogP contribution in [-0.4, -0.2) is 6.54 Å². The number of hydrogen-bond acceptors (Lipinski definition) is 2. The summed E-state index contributed by atoms with van der Waals surface area (Å²) in [5, 5.41) is 4.12. The Hall–Kier alpha value is -0.780. The first kappa shape index (κ1) is 16.6. The highest BCUT2D eigenvalue weighted by molar-refractivity contribution is 14.1. The molecule has 2 rings (SSSR count). The second-order valence-corrected chi connectivity index (χ2v) is 6.88. The van der Waals surface area contributed by atoms with Crippen molar-refractivity contribution in [2.24, 2.45) is 5.92 Å². The molecule has 0 aliphatic heterocycles. The van der Waals surface area contributed by atoms with Crippen molar-refractivity contribution in [3.63, 3.8) is 0 Å². The van der Waals surface area contributed by atoms with Crippen molar-refractivity contribution in [2.75, 3.05) is 6.54 Å². The molecule has 21 heavy (non-hydrogen) atoms. The van der Waals surface area contributed by atoms with Gasteiger partial charge in [0.25, 0.3) is 0 Å². The van der Waals surface area contributed by atoms with E-state index in [2.05, 4.69) is 41.8 Å². The fraction of sp³-hybridized carbons (Fsp3) is 0.294. The Labute approximate surface area is 145 Å². The van der Waals surface area contributed by atoms with Crippen LogP contribution in [0.1, 0.15) is 19.4 Å². The molecule has 0 aromatic heterocycles. The lowest BCUT2D eigenvalue weighted by Crippen LogP contribution is -2.19. The Balaban J connectivity index is 2.03. The van der Waals surface area contributed by atoms with Crippen LogP contribution in [0.3, 0.4) is 0 Å². The topological polar surface area (TPSA) is 21.3 Å². The van der Waals surface area contributed by atoms with E-state index in [4.69, 9.17) is 16.3 Å². The largest absolute Gasteiger partial charge is 0.456 e. The average molecular weight is 416 g/mol. The maximum atomic E-state index is 6.33. The molecule has 0 spiro atoms. The van der Waals surface area contributed by atoms with Gasteiger partial charge in [-0.15, -0.1) is 0 Å². The van der Waals surface area contributed by atoms with Crippen molar-refractivity contribution < 1.29 is 4.74 Å². The summed E-state index contributed by atoms with van der Waals surface area (Å²) in [5.74, 6) is 2.24. The van der Waals surface area contributed by atoms with E-state index < -0.39 is 0 Å². The lowest BCUT2D eigenvalue weighted by Gasteiger charge is -2.11. The van der Waals surface area contributed by atoms with E-state index >= 15 is 0 Å². The maximum Gasteiger partial charge on any atom is 0.140 e. The highest BCUT2D eigenvalue weighted by Gasteiger charge is 2.06. The van der Waals surface area contributed by atoms with Crippen LogP contribution in [0.15, 0.2) is 42.5 Å². The minimum atomic E-state index is 0.631. The van der Waals surface area contributed by atoms with Gasteiger partial charge in [0.05, 0.1) is 3.57 Å². The third-order valence-electron chi connectivity index (χ3n) is 2.96. The third-order valence-corrected chi connectivity index (χ3v) is 4.20. The monoisotopic (exact) mass is 415 g/mol. The molecule has 2 nitrogen and oxygen atoms in total. The Morgan fingerprint density at radius 2 is 1.95 bits per heavy atom. The number of ether oxygens (including phenoxy) is 1. The van der Waals surface area contributed by atoms with E-state index in [1.807, 2.05) is 42.5 Å². The zero-order chi connectivity index (χ0) is 15.2. The lowest BCUT2D eigenvalue weighted by atomic mass is 10.2. The number of benzene rings is 2. The van der Waals surface area contributed by atoms with Gasteiger partial charge in [0, 0.05) is 11.6 Å². The fourth-order valence-corrected chi connectivity index (χ4v) is 2.62. The van der Waals surface area contributed by atoms with Gasteiger partial charge in [-0.05, 0) is 64.9 Å². The van der Waals surface area contributed by atoms with Gasteiger partial charge >= 0.3 is 0 Å². The molecule has 0 atom stereocenters. The summed E-state index contributed by atoms with van der Waals surface area (Å²) in [5.41, 5.74) is 1.09. The Morgan fingerprint density at radius 3 is 2.62 bits per heavy atom. The van der Waals surface area contributed by atoms with E-state index in [1.54, 1.807) is 0 Å². The van der Waals surface area contributed by atoms with Crippen LogP contribution in [0, 0.1) is 9.49 Å². The second-order valence-electron chi connectivity index (χ2n) is 5.31. The molecule has 0 aliphatic rings. The van der Waals surface area contributed by atoms with Gasteiger partial charge in [-0.1, -0.05) is 43.6 Å². The van der Waals surface area contributed by atoms with Crippen molar-refractivity contribution in [3.05, 3.63) is 56.6 Å². The summed E-state index contributed by atoms with van der Waals surface area (Å²) in [4.78, 5) is 0. The first-order valence-corrected chi connectivity index (χ1v) is 8.43. The molecule has 2 aromatic carbocycles. The van der Waals surface area contributed by atoms with Gasteiger partial charge < -0.3 is 10.1 Å². The summed E-state index contributed by atoms with van der Waals surface area (Å²) in [6.07, 6.45) is 0. The predicted molar refractivity (Wildman–Crippen MR) is 97.2 cm³/mol. The molecule has 0 fully saturated rings. The molecular weight excluding hydrogens is 397 g/mol. The number of halogens is 2. The summed E-state index contributed by atoms with van der Waals surface area (Å²) < 4.78 is 6.95. The summed E-state index contributed by atoms with van der Waals surface area (Å²) >= 11 is 8.59. The number of rotatable bonds is 6. The van der Waals surface area contributed by atoms with E-state index in [1.165, 1.54) is 0 Å². The van der Waals surface area contributed by atoms with Gasteiger partial charge in [0.15, 0.2) is 0 Å². The van der Waals surface area contributed by atoms with Crippen molar-refractivity contribution in [1.82, 2.24) is 5.32 Å². The minimum Gasteiger partial charge on any atom is -0.456 e. The van der Waals surface area contributed by atoms with Crippen LogP contribution < -0.4 is 10.1 Å². The maximum absolute atomic E-state index is 6.33. The molecule has 0 heterocycles. The molecule has 4 heteroatoms. The first-order valence-electron chi connectivity index (χ1n) is 6.98. The Bertz CT molecular complexity index is 601. The van der Waals surface area contributed by atoms with Crippen molar-refractivity contribution in [1.29, 1.82) is 0 Å². The fourth-order valence-electron chi connectivity index (χ4n) is 1.88. The highest BCUT2D eigenvalue weighted by atomic mass is 127. The van der Waals surface area contributed by atoms with Gasteiger partial charge in [-0.25, -0.2) is 0 Å². The van der Waals surface area contributed by atoms with Gasteiger partial charge in [-0.2, -0.15) is 0 Å².